The molecule has 0 aliphatic heterocycles. The van der Waals surface area contributed by atoms with Crippen molar-refractivity contribution >= 4 is 33.2 Å². The molecule has 0 aromatic heterocycles. The highest BCUT2D eigenvalue weighted by Gasteiger charge is 2.31. The lowest BCUT2D eigenvalue weighted by Crippen LogP contribution is -2.26. The van der Waals surface area contributed by atoms with Crippen LogP contribution >= 0.6 is 11.6 Å². The van der Waals surface area contributed by atoms with E-state index in [4.69, 9.17) is 11.6 Å². The maximum Gasteiger partial charge on any atom is 0.416 e. The van der Waals surface area contributed by atoms with Gasteiger partial charge in [0, 0.05) is 23.7 Å². The summed E-state index contributed by atoms with van der Waals surface area (Å²) in [6, 6.07) is 9.99. The van der Waals surface area contributed by atoms with Gasteiger partial charge in [0.05, 0.1) is 10.5 Å². The van der Waals surface area contributed by atoms with Crippen LogP contribution < -0.4 is 10.0 Å². The number of alkyl halides is 3. The van der Waals surface area contributed by atoms with Crippen LogP contribution in [0, 0.1) is 0 Å². The van der Waals surface area contributed by atoms with Crippen LogP contribution in [0.5, 0.6) is 0 Å². The normalized spacial score (nSPS) is 12.0. The first-order valence-corrected chi connectivity index (χ1v) is 9.66. The Morgan fingerprint density at radius 2 is 1.78 bits per heavy atom. The topological polar surface area (TPSA) is 75.3 Å². The van der Waals surface area contributed by atoms with Gasteiger partial charge in [-0.3, -0.25) is 4.79 Å². The molecular formula is C17H16ClF3N2O3S. The number of benzene rings is 2. The van der Waals surface area contributed by atoms with Crippen LogP contribution in [0.3, 0.4) is 0 Å². The summed E-state index contributed by atoms with van der Waals surface area (Å²) in [7, 11) is -4.10. The molecule has 0 saturated heterocycles. The van der Waals surface area contributed by atoms with Crippen molar-refractivity contribution in [3.63, 3.8) is 0 Å². The van der Waals surface area contributed by atoms with Crippen LogP contribution in [0.2, 0.25) is 5.02 Å². The maximum atomic E-state index is 12.7. The fourth-order valence-electron chi connectivity index (χ4n) is 2.17. The fourth-order valence-corrected chi connectivity index (χ4v) is 3.48. The number of anilines is 1. The maximum absolute atomic E-state index is 12.7. The molecule has 0 atom stereocenters. The van der Waals surface area contributed by atoms with Crippen molar-refractivity contribution in [3.05, 3.63) is 59.1 Å². The van der Waals surface area contributed by atoms with E-state index in [0.29, 0.717) is 16.8 Å². The molecule has 5 nitrogen and oxygen atoms in total. The summed E-state index contributed by atoms with van der Waals surface area (Å²) in [5.74, 6) is -0.337. The van der Waals surface area contributed by atoms with Crippen LogP contribution in [0.1, 0.15) is 18.4 Å². The van der Waals surface area contributed by atoms with Gasteiger partial charge in [0.1, 0.15) is 0 Å². The lowest BCUT2D eigenvalue weighted by Gasteiger charge is -2.10. The SMILES string of the molecule is O=C(CCCNS(=O)(=O)c1cccc(C(F)(F)F)c1)Nc1cccc(Cl)c1. The van der Waals surface area contributed by atoms with Gasteiger partial charge < -0.3 is 5.32 Å². The standard InChI is InChI=1S/C17H16ClF3N2O3S/c18-13-5-2-6-14(11-13)23-16(24)8-3-9-22-27(25,26)15-7-1-4-12(10-15)17(19,20)21/h1-2,4-7,10-11,22H,3,8-9H2,(H,23,24). The van der Waals surface area contributed by atoms with E-state index in [1.165, 1.54) is 0 Å². The molecule has 0 heterocycles. The largest absolute Gasteiger partial charge is 0.416 e. The van der Waals surface area contributed by atoms with E-state index in [9.17, 15) is 26.4 Å². The van der Waals surface area contributed by atoms with Crippen molar-refractivity contribution in [1.82, 2.24) is 4.72 Å². The molecule has 1 amide bonds. The Hall–Kier alpha value is -2.10. The minimum Gasteiger partial charge on any atom is -0.326 e. The molecule has 10 heteroatoms. The Kier molecular flexibility index (Phi) is 6.85. The monoisotopic (exact) mass is 420 g/mol. The van der Waals surface area contributed by atoms with E-state index in [1.54, 1.807) is 24.3 Å². The Morgan fingerprint density at radius 1 is 1.07 bits per heavy atom. The first-order chi connectivity index (χ1) is 12.6. The van der Waals surface area contributed by atoms with E-state index in [2.05, 4.69) is 10.0 Å². The number of halogens is 4. The van der Waals surface area contributed by atoms with Gasteiger partial charge in [-0.2, -0.15) is 13.2 Å². The molecule has 2 N–H and O–H groups in total. The summed E-state index contributed by atoms with van der Waals surface area (Å²) >= 11 is 5.80. The van der Waals surface area contributed by atoms with Crippen LogP contribution in [-0.2, 0) is 21.0 Å². The zero-order valence-electron chi connectivity index (χ0n) is 13.9. The summed E-state index contributed by atoms with van der Waals surface area (Å²) in [6.07, 6.45) is -4.44. The van der Waals surface area contributed by atoms with Crippen LogP contribution in [0.15, 0.2) is 53.4 Å². The Bertz CT molecular complexity index is 918. The third-order valence-corrected chi connectivity index (χ3v) is 5.15. The minimum atomic E-state index is -4.63. The third kappa shape index (κ3) is 6.53. The highest BCUT2D eigenvalue weighted by molar-refractivity contribution is 7.89. The lowest BCUT2D eigenvalue weighted by atomic mass is 10.2. The number of hydrogen-bond acceptors (Lipinski definition) is 3. The number of amides is 1. The Balaban J connectivity index is 1.86. The van der Waals surface area contributed by atoms with Crippen LogP contribution in [-0.4, -0.2) is 20.9 Å². The number of carbonyl (C=O) groups excluding carboxylic acids is 1. The molecule has 2 rings (SSSR count). The molecular weight excluding hydrogens is 405 g/mol. The Labute approximate surface area is 159 Å². The molecule has 27 heavy (non-hydrogen) atoms. The predicted molar refractivity (Wildman–Crippen MR) is 95.9 cm³/mol. The van der Waals surface area contributed by atoms with Crippen molar-refractivity contribution in [2.45, 2.75) is 23.9 Å². The first-order valence-electron chi connectivity index (χ1n) is 7.80. The van der Waals surface area contributed by atoms with E-state index < -0.39 is 26.7 Å². The van der Waals surface area contributed by atoms with Gasteiger partial charge in [-0.15, -0.1) is 0 Å². The van der Waals surface area contributed by atoms with Crippen molar-refractivity contribution in [1.29, 1.82) is 0 Å². The summed E-state index contributed by atoms with van der Waals surface area (Å²) in [5.41, 5.74) is -0.539. The zero-order valence-corrected chi connectivity index (χ0v) is 15.5. The predicted octanol–water partition coefficient (Wildman–Crippen LogP) is 4.06. The van der Waals surface area contributed by atoms with Gasteiger partial charge >= 0.3 is 6.18 Å². The number of sulfonamides is 1. The minimum absolute atomic E-state index is 0.0254. The zero-order chi connectivity index (χ0) is 20.1. The Morgan fingerprint density at radius 3 is 2.44 bits per heavy atom. The molecule has 0 saturated carbocycles. The van der Waals surface area contributed by atoms with Crippen molar-refractivity contribution < 1.29 is 26.4 Å². The van der Waals surface area contributed by atoms with Crippen LogP contribution in [0.25, 0.3) is 0 Å². The molecule has 0 fully saturated rings. The average molecular weight is 421 g/mol. The molecule has 0 aliphatic rings. The molecule has 0 spiro atoms. The second kappa shape index (κ2) is 8.73. The van der Waals surface area contributed by atoms with E-state index in [-0.39, 0.29) is 25.3 Å². The van der Waals surface area contributed by atoms with E-state index in [0.717, 1.165) is 18.2 Å². The summed E-state index contributed by atoms with van der Waals surface area (Å²) in [6.45, 7) is -0.0957. The number of carbonyl (C=O) groups is 1. The highest BCUT2D eigenvalue weighted by Crippen LogP contribution is 2.30. The second-order valence-electron chi connectivity index (χ2n) is 5.59. The summed E-state index contributed by atoms with van der Waals surface area (Å²) < 4.78 is 64.4. The quantitative estimate of drug-likeness (QED) is 0.663. The lowest BCUT2D eigenvalue weighted by molar-refractivity contribution is -0.137. The molecule has 146 valence electrons. The van der Waals surface area contributed by atoms with E-state index in [1.807, 2.05) is 0 Å². The summed E-state index contributed by atoms with van der Waals surface area (Å²) in [5, 5.41) is 3.07. The van der Waals surface area contributed by atoms with E-state index >= 15 is 0 Å². The van der Waals surface area contributed by atoms with Gasteiger partial charge in [-0.1, -0.05) is 23.7 Å². The number of rotatable bonds is 7. The van der Waals surface area contributed by atoms with Gasteiger partial charge in [-0.25, -0.2) is 13.1 Å². The first kappa shape index (κ1) is 21.2. The smallest absolute Gasteiger partial charge is 0.326 e. The third-order valence-electron chi connectivity index (χ3n) is 3.45. The fraction of sp³-hybridized carbons (Fsp3) is 0.235. The van der Waals surface area contributed by atoms with Crippen LogP contribution in [0.4, 0.5) is 18.9 Å². The second-order valence-corrected chi connectivity index (χ2v) is 7.79. The number of hydrogen-bond donors (Lipinski definition) is 2. The van der Waals surface area contributed by atoms with Crippen molar-refractivity contribution in [2.75, 3.05) is 11.9 Å². The number of nitrogens with one attached hydrogen (secondary N) is 2. The van der Waals surface area contributed by atoms with Crippen molar-refractivity contribution in [2.24, 2.45) is 0 Å². The van der Waals surface area contributed by atoms with Gasteiger partial charge in [0.2, 0.25) is 15.9 Å². The molecule has 0 aliphatic carbocycles. The van der Waals surface area contributed by atoms with Crippen molar-refractivity contribution in [3.8, 4) is 0 Å². The highest BCUT2D eigenvalue weighted by atomic mass is 35.5. The molecule has 0 unspecified atom stereocenters. The molecule has 2 aromatic carbocycles. The molecule has 2 aromatic rings. The summed E-state index contributed by atoms with van der Waals surface area (Å²) in [4.78, 5) is 11.3. The molecule has 0 bridgehead atoms. The molecule has 0 radical (unpaired) electrons. The van der Waals surface area contributed by atoms with Gasteiger partial charge in [0.25, 0.3) is 0 Å². The van der Waals surface area contributed by atoms with Gasteiger partial charge in [0.15, 0.2) is 0 Å². The van der Waals surface area contributed by atoms with Gasteiger partial charge in [-0.05, 0) is 42.8 Å². The average Bonchev–Trinajstić information content (AvgIpc) is 2.58.